The molecule has 1 fully saturated rings. The lowest BCUT2D eigenvalue weighted by Crippen LogP contribution is -2.31. The number of piperidine rings is 1. The standard InChI is InChI=1S/C19H27N5O/c1-3-15(16-7-5-4-6-8-16)13-21-19(25)18-14(2)24(23-22-18)17-9-11-20-12-10-17/h4-8,15,17,20H,3,9-13H2,1-2H3,(H,21,25). The fourth-order valence-corrected chi connectivity index (χ4v) is 3.47. The third kappa shape index (κ3) is 4.07. The van der Waals surface area contributed by atoms with Crippen molar-refractivity contribution in [1.29, 1.82) is 0 Å². The van der Waals surface area contributed by atoms with Crippen LogP contribution >= 0.6 is 0 Å². The van der Waals surface area contributed by atoms with E-state index in [1.54, 1.807) is 0 Å². The number of aromatic nitrogens is 3. The minimum atomic E-state index is -0.132. The number of carbonyl (C=O) groups is 1. The van der Waals surface area contributed by atoms with E-state index >= 15 is 0 Å². The summed E-state index contributed by atoms with van der Waals surface area (Å²) in [5, 5.41) is 14.8. The SMILES string of the molecule is CCC(CNC(=O)c1nnn(C2CCNCC2)c1C)c1ccccc1. The van der Waals surface area contributed by atoms with Crippen molar-refractivity contribution >= 4 is 5.91 Å². The number of hydrogen-bond acceptors (Lipinski definition) is 4. The third-order valence-corrected chi connectivity index (χ3v) is 5.07. The Kier molecular flexibility index (Phi) is 5.81. The summed E-state index contributed by atoms with van der Waals surface area (Å²) in [5.41, 5.74) is 2.55. The van der Waals surface area contributed by atoms with Crippen LogP contribution in [0, 0.1) is 6.92 Å². The molecule has 6 nitrogen and oxygen atoms in total. The van der Waals surface area contributed by atoms with Crippen LogP contribution < -0.4 is 10.6 Å². The average Bonchev–Trinajstić information content (AvgIpc) is 3.05. The van der Waals surface area contributed by atoms with Gasteiger partial charge in [-0.3, -0.25) is 4.79 Å². The third-order valence-electron chi connectivity index (χ3n) is 5.07. The zero-order chi connectivity index (χ0) is 17.6. The Morgan fingerprint density at radius 2 is 2.04 bits per heavy atom. The lowest BCUT2D eigenvalue weighted by atomic mass is 9.96. The number of hydrogen-bond donors (Lipinski definition) is 2. The first kappa shape index (κ1) is 17.6. The minimum absolute atomic E-state index is 0.132. The summed E-state index contributed by atoms with van der Waals surface area (Å²) < 4.78 is 1.92. The summed E-state index contributed by atoms with van der Waals surface area (Å²) in [6.45, 7) is 6.66. The first-order valence-electron chi connectivity index (χ1n) is 9.16. The summed E-state index contributed by atoms with van der Waals surface area (Å²) in [5.74, 6) is 0.178. The molecule has 1 aliphatic rings. The zero-order valence-corrected chi connectivity index (χ0v) is 15.0. The van der Waals surface area contributed by atoms with E-state index in [2.05, 4.69) is 40.0 Å². The average molecular weight is 341 g/mol. The highest BCUT2D eigenvalue weighted by molar-refractivity contribution is 5.93. The molecule has 25 heavy (non-hydrogen) atoms. The monoisotopic (exact) mass is 341 g/mol. The molecule has 1 saturated heterocycles. The van der Waals surface area contributed by atoms with Crippen molar-refractivity contribution in [3.05, 3.63) is 47.3 Å². The summed E-state index contributed by atoms with van der Waals surface area (Å²) >= 11 is 0. The van der Waals surface area contributed by atoms with E-state index in [9.17, 15) is 4.79 Å². The van der Waals surface area contributed by atoms with E-state index < -0.39 is 0 Å². The van der Waals surface area contributed by atoms with Gasteiger partial charge in [-0.15, -0.1) is 5.10 Å². The van der Waals surface area contributed by atoms with Crippen LogP contribution in [0.1, 0.15) is 59.9 Å². The fraction of sp³-hybridized carbons (Fsp3) is 0.526. The van der Waals surface area contributed by atoms with E-state index in [0.717, 1.165) is 38.0 Å². The van der Waals surface area contributed by atoms with Gasteiger partial charge in [0.05, 0.1) is 11.7 Å². The Hall–Kier alpha value is -2.21. The predicted octanol–water partition coefficient (Wildman–Crippen LogP) is 2.43. The van der Waals surface area contributed by atoms with E-state index in [1.165, 1.54) is 5.56 Å². The molecule has 1 aromatic carbocycles. The Labute approximate surface area is 149 Å². The largest absolute Gasteiger partial charge is 0.350 e. The van der Waals surface area contributed by atoms with Gasteiger partial charge in [0.2, 0.25) is 0 Å². The van der Waals surface area contributed by atoms with Crippen molar-refractivity contribution in [2.24, 2.45) is 0 Å². The van der Waals surface area contributed by atoms with Crippen molar-refractivity contribution in [2.45, 2.75) is 45.1 Å². The molecular formula is C19H27N5O. The second-order valence-corrected chi connectivity index (χ2v) is 6.68. The molecule has 1 atom stereocenters. The molecule has 3 rings (SSSR count). The van der Waals surface area contributed by atoms with E-state index in [-0.39, 0.29) is 5.91 Å². The molecule has 6 heteroatoms. The van der Waals surface area contributed by atoms with Crippen molar-refractivity contribution in [3.63, 3.8) is 0 Å². The molecule has 2 heterocycles. The second-order valence-electron chi connectivity index (χ2n) is 6.68. The van der Waals surface area contributed by atoms with Crippen LogP contribution in [-0.4, -0.2) is 40.5 Å². The van der Waals surface area contributed by atoms with Crippen LogP contribution in [0.4, 0.5) is 0 Å². The molecule has 0 spiro atoms. The van der Waals surface area contributed by atoms with Crippen LogP contribution in [0.2, 0.25) is 0 Å². The van der Waals surface area contributed by atoms with Crippen LogP contribution in [-0.2, 0) is 0 Å². The van der Waals surface area contributed by atoms with Crippen LogP contribution in [0.3, 0.4) is 0 Å². The quantitative estimate of drug-likeness (QED) is 0.846. The van der Waals surface area contributed by atoms with Gasteiger partial charge >= 0.3 is 0 Å². The first-order chi connectivity index (χ1) is 12.2. The number of benzene rings is 1. The van der Waals surface area contributed by atoms with Gasteiger partial charge in [-0.1, -0.05) is 42.5 Å². The van der Waals surface area contributed by atoms with Gasteiger partial charge in [0.1, 0.15) is 0 Å². The lowest BCUT2D eigenvalue weighted by Gasteiger charge is -2.23. The highest BCUT2D eigenvalue weighted by atomic mass is 16.2. The van der Waals surface area contributed by atoms with Gasteiger partial charge in [-0.2, -0.15) is 0 Å². The van der Waals surface area contributed by atoms with Crippen molar-refractivity contribution in [3.8, 4) is 0 Å². The molecule has 2 aromatic rings. The summed E-state index contributed by atoms with van der Waals surface area (Å²) in [6.07, 6.45) is 3.03. The van der Waals surface area contributed by atoms with Gasteiger partial charge < -0.3 is 10.6 Å². The molecule has 0 aliphatic carbocycles. The molecular weight excluding hydrogens is 314 g/mol. The molecule has 1 unspecified atom stereocenters. The molecule has 0 saturated carbocycles. The topological polar surface area (TPSA) is 71.8 Å². The maximum Gasteiger partial charge on any atom is 0.273 e. The molecule has 134 valence electrons. The highest BCUT2D eigenvalue weighted by Crippen LogP contribution is 2.21. The fourth-order valence-electron chi connectivity index (χ4n) is 3.47. The summed E-state index contributed by atoms with van der Waals surface area (Å²) in [4.78, 5) is 12.6. The van der Waals surface area contributed by atoms with Gasteiger partial charge in [0.25, 0.3) is 5.91 Å². The summed E-state index contributed by atoms with van der Waals surface area (Å²) in [6, 6.07) is 10.6. The van der Waals surface area contributed by atoms with Crippen LogP contribution in [0.25, 0.3) is 0 Å². The number of nitrogens with zero attached hydrogens (tertiary/aromatic N) is 3. The lowest BCUT2D eigenvalue weighted by molar-refractivity contribution is 0.0945. The van der Waals surface area contributed by atoms with Crippen LogP contribution in [0.5, 0.6) is 0 Å². The molecule has 2 N–H and O–H groups in total. The number of nitrogens with one attached hydrogen (secondary N) is 2. The van der Waals surface area contributed by atoms with Crippen molar-refractivity contribution < 1.29 is 4.79 Å². The summed E-state index contributed by atoms with van der Waals surface area (Å²) in [7, 11) is 0. The first-order valence-corrected chi connectivity index (χ1v) is 9.16. The molecule has 0 radical (unpaired) electrons. The molecule has 1 amide bonds. The maximum absolute atomic E-state index is 12.6. The second kappa shape index (κ2) is 8.25. The highest BCUT2D eigenvalue weighted by Gasteiger charge is 2.23. The Morgan fingerprint density at radius 1 is 1.32 bits per heavy atom. The van der Waals surface area contributed by atoms with Crippen molar-refractivity contribution in [1.82, 2.24) is 25.6 Å². The molecule has 1 aliphatic heterocycles. The molecule has 0 bridgehead atoms. The van der Waals surface area contributed by atoms with Gasteiger partial charge in [0, 0.05) is 12.5 Å². The smallest absolute Gasteiger partial charge is 0.273 e. The minimum Gasteiger partial charge on any atom is -0.350 e. The normalized spacial score (nSPS) is 16.6. The maximum atomic E-state index is 12.6. The Bertz CT molecular complexity index is 691. The Balaban J connectivity index is 1.64. The number of rotatable bonds is 6. The van der Waals surface area contributed by atoms with Crippen LogP contribution in [0.15, 0.2) is 30.3 Å². The number of amides is 1. The van der Waals surface area contributed by atoms with E-state index in [4.69, 9.17) is 0 Å². The van der Waals surface area contributed by atoms with Gasteiger partial charge in [-0.25, -0.2) is 4.68 Å². The zero-order valence-electron chi connectivity index (χ0n) is 15.0. The van der Waals surface area contributed by atoms with Crippen molar-refractivity contribution in [2.75, 3.05) is 19.6 Å². The van der Waals surface area contributed by atoms with Gasteiger partial charge in [-0.05, 0) is 44.8 Å². The molecule has 1 aromatic heterocycles. The predicted molar refractivity (Wildman–Crippen MR) is 97.7 cm³/mol. The van der Waals surface area contributed by atoms with E-state index in [1.807, 2.05) is 29.8 Å². The van der Waals surface area contributed by atoms with Gasteiger partial charge in [0.15, 0.2) is 5.69 Å². The Morgan fingerprint density at radius 3 is 2.72 bits per heavy atom. The number of carbonyl (C=O) groups excluding carboxylic acids is 1. The van der Waals surface area contributed by atoms with E-state index in [0.29, 0.717) is 24.2 Å².